The van der Waals surface area contributed by atoms with E-state index in [0.29, 0.717) is 25.1 Å². The predicted octanol–water partition coefficient (Wildman–Crippen LogP) is 2.91. The average molecular weight is 391 g/mol. The van der Waals surface area contributed by atoms with E-state index in [1.54, 1.807) is 6.92 Å². The number of nitrogens with one attached hydrogen (secondary N) is 1. The Kier molecular flexibility index (Phi) is 4.87. The number of carbonyl (C=O) groups excluding carboxylic acids is 2. The van der Waals surface area contributed by atoms with E-state index >= 15 is 0 Å². The van der Waals surface area contributed by atoms with Crippen LogP contribution in [0.4, 0.5) is 5.69 Å². The van der Waals surface area contributed by atoms with Gasteiger partial charge in [-0.05, 0) is 41.5 Å². The third kappa shape index (κ3) is 3.30. The van der Waals surface area contributed by atoms with Crippen molar-refractivity contribution in [3.63, 3.8) is 0 Å². The molecule has 2 atom stereocenters. The largest absolute Gasteiger partial charge is 0.390 e. The Morgan fingerprint density at radius 1 is 1.25 bits per heavy atom. The third-order valence-electron chi connectivity index (χ3n) is 4.33. The zero-order valence-corrected chi connectivity index (χ0v) is 14.9. The number of amides is 2. The van der Waals surface area contributed by atoms with Gasteiger partial charge in [-0.15, -0.1) is 0 Å². The Hall–Kier alpha value is -1.92. The highest BCUT2D eigenvalue weighted by molar-refractivity contribution is 9.10. The molecule has 1 fully saturated rings. The molecular weight excluding hydrogens is 372 g/mol. The van der Waals surface area contributed by atoms with E-state index in [-0.39, 0.29) is 11.8 Å². The topological polar surface area (TPSA) is 69.6 Å². The monoisotopic (exact) mass is 390 g/mol. The Balaban J connectivity index is 1.80. The molecule has 0 aliphatic carbocycles. The minimum absolute atomic E-state index is 0.116. The van der Waals surface area contributed by atoms with Gasteiger partial charge in [0.25, 0.3) is 0 Å². The summed E-state index contributed by atoms with van der Waals surface area (Å²) in [7, 11) is 0. The standard InChI is InChI=1S/C18H19BrN2O3/c1-2-16(23)21-8-7-15(22)17(21)18(24)20-14-6-4-11-9-13(19)5-3-12(11)10-14/h3-6,9-10,15,17,22H,2,7-8H2,1H3,(H,20,24)/t15-,17+/m1/s1. The average Bonchev–Trinajstić information content (AvgIpc) is 2.96. The molecule has 2 aromatic rings. The summed E-state index contributed by atoms with van der Waals surface area (Å²) in [5.74, 6) is -0.465. The van der Waals surface area contributed by atoms with Gasteiger partial charge in [-0.1, -0.05) is 35.0 Å². The van der Waals surface area contributed by atoms with Crippen molar-refractivity contribution >= 4 is 44.2 Å². The van der Waals surface area contributed by atoms with Gasteiger partial charge in [-0.3, -0.25) is 9.59 Å². The van der Waals surface area contributed by atoms with Crippen LogP contribution in [-0.2, 0) is 9.59 Å². The summed E-state index contributed by atoms with van der Waals surface area (Å²) in [6, 6.07) is 10.7. The summed E-state index contributed by atoms with van der Waals surface area (Å²) in [5.41, 5.74) is 0.651. The van der Waals surface area contributed by atoms with Crippen LogP contribution >= 0.6 is 15.9 Å². The van der Waals surface area contributed by atoms with E-state index in [2.05, 4.69) is 21.2 Å². The maximum Gasteiger partial charge on any atom is 0.249 e. The minimum Gasteiger partial charge on any atom is -0.390 e. The van der Waals surface area contributed by atoms with E-state index < -0.39 is 12.1 Å². The molecule has 0 spiro atoms. The lowest BCUT2D eigenvalue weighted by Gasteiger charge is -2.25. The second kappa shape index (κ2) is 6.91. The highest BCUT2D eigenvalue weighted by atomic mass is 79.9. The molecule has 0 bridgehead atoms. The molecule has 2 N–H and O–H groups in total. The van der Waals surface area contributed by atoms with Crippen molar-refractivity contribution in [3.05, 3.63) is 40.9 Å². The molecule has 0 unspecified atom stereocenters. The van der Waals surface area contributed by atoms with Gasteiger partial charge < -0.3 is 15.3 Å². The Bertz CT molecular complexity index is 793. The van der Waals surface area contributed by atoms with Gasteiger partial charge in [-0.2, -0.15) is 0 Å². The molecule has 126 valence electrons. The molecule has 0 radical (unpaired) electrons. The molecule has 1 aliphatic rings. The first-order chi connectivity index (χ1) is 11.5. The van der Waals surface area contributed by atoms with Crippen molar-refractivity contribution in [1.29, 1.82) is 0 Å². The van der Waals surface area contributed by atoms with E-state index in [4.69, 9.17) is 0 Å². The number of hydrogen-bond acceptors (Lipinski definition) is 3. The number of carbonyl (C=O) groups is 2. The lowest BCUT2D eigenvalue weighted by atomic mass is 10.1. The molecule has 6 heteroatoms. The number of fused-ring (bicyclic) bond motifs is 1. The molecule has 3 rings (SSSR count). The van der Waals surface area contributed by atoms with Crippen molar-refractivity contribution in [1.82, 2.24) is 4.90 Å². The van der Waals surface area contributed by atoms with Gasteiger partial charge in [0.1, 0.15) is 6.04 Å². The quantitative estimate of drug-likeness (QED) is 0.846. The van der Waals surface area contributed by atoms with Crippen molar-refractivity contribution in [2.45, 2.75) is 31.9 Å². The Labute approximate surface area is 148 Å². The molecule has 2 aromatic carbocycles. The maximum atomic E-state index is 12.6. The predicted molar refractivity (Wildman–Crippen MR) is 96.7 cm³/mol. The number of nitrogens with zero attached hydrogens (tertiary/aromatic N) is 1. The zero-order chi connectivity index (χ0) is 17.3. The third-order valence-corrected chi connectivity index (χ3v) is 4.82. The van der Waals surface area contributed by atoms with Crippen LogP contribution in [0.1, 0.15) is 19.8 Å². The first-order valence-corrected chi connectivity index (χ1v) is 8.76. The molecule has 1 saturated heterocycles. The van der Waals surface area contributed by atoms with E-state index in [1.165, 1.54) is 4.90 Å². The summed E-state index contributed by atoms with van der Waals surface area (Å²) >= 11 is 3.43. The number of benzene rings is 2. The fourth-order valence-electron chi connectivity index (χ4n) is 3.09. The smallest absolute Gasteiger partial charge is 0.249 e. The van der Waals surface area contributed by atoms with Crippen LogP contribution in [0.2, 0.25) is 0 Å². The summed E-state index contributed by atoms with van der Waals surface area (Å²) in [4.78, 5) is 26.0. The van der Waals surface area contributed by atoms with Crippen LogP contribution in [-0.4, -0.2) is 40.5 Å². The fourth-order valence-corrected chi connectivity index (χ4v) is 3.46. The zero-order valence-electron chi connectivity index (χ0n) is 13.3. The van der Waals surface area contributed by atoms with Crippen LogP contribution < -0.4 is 5.32 Å². The minimum atomic E-state index is -0.822. The number of halogens is 1. The summed E-state index contributed by atoms with van der Waals surface area (Å²) in [6.07, 6.45) is -0.0754. The van der Waals surface area contributed by atoms with Crippen LogP contribution in [0.15, 0.2) is 40.9 Å². The van der Waals surface area contributed by atoms with Crippen LogP contribution in [0.5, 0.6) is 0 Å². The van der Waals surface area contributed by atoms with Gasteiger partial charge in [0.15, 0.2) is 0 Å². The number of anilines is 1. The summed E-state index contributed by atoms with van der Waals surface area (Å²) in [5, 5.41) is 15.0. The lowest BCUT2D eigenvalue weighted by molar-refractivity contribution is -0.138. The van der Waals surface area contributed by atoms with E-state index in [0.717, 1.165) is 15.2 Å². The fraction of sp³-hybridized carbons (Fsp3) is 0.333. The van der Waals surface area contributed by atoms with Gasteiger partial charge in [-0.25, -0.2) is 0 Å². The summed E-state index contributed by atoms with van der Waals surface area (Å²) < 4.78 is 0.995. The van der Waals surface area contributed by atoms with Crippen molar-refractivity contribution in [2.75, 3.05) is 11.9 Å². The molecule has 0 saturated carbocycles. The molecule has 1 heterocycles. The number of aliphatic hydroxyl groups excluding tert-OH is 1. The molecular formula is C18H19BrN2O3. The highest BCUT2D eigenvalue weighted by Gasteiger charge is 2.40. The molecule has 1 aliphatic heterocycles. The SMILES string of the molecule is CCC(=O)N1CC[C@@H](O)[C@H]1C(=O)Nc1ccc2cc(Br)ccc2c1. The number of aliphatic hydroxyl groups is 1. The Morgan fingerprint density at radius 3 is 2.71 bits per heavy atom. The summed E-state index contributed by atoms with van der Waals surface area (Å²) in [6.45, 7) is 2.17. The van der Waals surface area contributed by atoms with Gasteiger partial charge in [0, 0.05) is 23.1 Å². The van der Waals surface area contributed by atoms with Crippen molar-refractivity contribution in [3.8, 4) is 0 Å². The Morgan fingerprint density at radius 2 is 1.96 bits per heavy atom. The number of rotatable bonds is 3. The number of likely N-dealkylation sites (tertiary alicyclic amines) is 1. The molecule has 0 aromatic heterocycles. The van der Waals surface area contributed by atoms with Crippen molar-refractivity contribution < 1.29 is 14.7 Å². The first-order valence-electron chi connectivity index (χ1n) is 7.97. The first kappa shape index (κ1) is 16.9. The second-order valence-electron chi connectivity index (χ2n) is 5.94. The van der Waals surface area contributed by atoms with Gasteiger partial charge in [0.2, 0.25) is 11.8 Å². The van der Waals surface area contributed by atoms with Crippen molar-refractivity contribution in [2.24, 2.45) is 0 Å². The maximum absolute atomic E-state index is 12.6. The van der Waals surface area contributed by atoms with Crippen LogP contribution in [0.25, 0.3) is 10.8 Å². The molecule has 2 amide bonds. The van der Waals surface area contributed by atoms with E-state index in [1.807, 2.05) is 36.4 Å². The van der Waals surface area contributed by atoms with Gasteiger partial charge in [0.05, 0.1) is 6.10 Å². The molecule has 24 heavy (non-hydrogen) atoms. The normalized spacial score (nSPS) is 20.4. The van der Waals surface area contributed by atoms with Crippen LogP contribution in [0.3, 0.4) is 0 Å². The van der Waals surface area contributed by atoms with Gasteiger partial charge >= 0.3 is 0 Å². The number of hydrogen-bond donors (Lipinski definition) is 2. The second-order valence-corrected chi connectivity index (χ2v) is 6.85. The van der Waals surface area contributed by atoms with Crippen LogP contribution in [0, 0.1) is 0 Å². The lowest BCUT2D eigenvalue weighted by Crippen LogP contribution is -2.47. The van der Waals surface area contributed by atoms with E-state index in [9.17, 15) is 14.7 Å². The highest BCUT2D eigenvalue weighted by Crippen LogP contribution is 2.25. The molecule has 5 nitrogen and oxygen atoms in total.